The summed E-state index contributed by atoms with van der Waals surface area (Å²) in [6, 6.07) is 0. The van der Waals surface area contributed by atoms with Gasteiger partial charge in [0.05, 0.1) is 52.2 Å². The van der Waals surface area contributed by atoms with Gasteiger partial charge in [0.25, 0.3) is 0 Å². The van der Waals surface area contributed by atoms with Crippen LogP contribution >= 0.6 is 0 Å². The van der Waals surface area contributed by atoms with E-state index >= 15 is 0 Å². The molecule has 2 N–H and O–H groups in total. The third-order valence-electron chi connectivity index (χ3n) is 2.03. The molecule has 0 amide bonds. The molecular formula is C12H25NO6. The second kappa shape index (κ2) is 13.7. The molecule has 0 saturated carbocycles. The van der Waals surface area contributed by atoms with Gasteiger partial charge in [0.15, 0.2) is 0 Å². The van der Waals surface area contributed by atoms with Crippen molar-refractivity contribution in [1.82, 2.24) is 0 Å². The molecule has 7 heteroatoms. The normalized spacial score (nSPS) is 10.9. The second-order valence-electron chi connectivity index (χ2n) is 4.03. The molecule has 0 heterocycles. The molecule has 0 saturated heterocycles. The van der Waals surface area contributed by atoms with Crippen molar-refractivity contribution in [3.05, 3.63) is 0 Å². The van der Waals surface area contributed by atoms with Crippen molar-refractivity contribution < 1.29 is 28.6 Å². The highest BCUT2D eigenvalue weighted by Crippen LogP contribution is 1.95. The summed E-state index contributed by atoms with van der Waals surface area (Å²) in [5.41, 5.74) is 0. The fraction of sp³-hybridized carbons (Fsp3) is 0.917. The number of carbonyl (C=O) groups is 1. The summed E-state index contributed by atoms with van der Waals surface area (Å²) in [4.78, 5) is 15.4. The number of ether oxygens (including phenoxy) is 4. The third-order valence-corrected chi connectivity index (χ3v) is 2.03. The van der Waals surface area contributed by atoms with Crippen LogP contribution in [0, 0.1) is 5.92 Å². The molecule has 0 rings (SSSR count). The lowest BCUT2D eigenvalue weighted by atomic mass is 10.2. The molecule has 0 spiro atoms. The van der Waals surface area contributed by atoms with Crippen LogP contribution in [0.5, 0.6) is 0 Å². The summed E-state index contributed by atoms with van der Waals surface area (Å²) in [5, 5.41) is 0. The van der Waals surface area contributed by atoms with E-state index in [2.05, 4.69) is 4.84 Å². The Morgan fingerprint density at radius 2 is 1.26 bits per heavy atom. The minimum atomic E-state index is -0.210. The molecule has 0 aliphatic carbocycles. The van der Waals surface area contributed by atoms with Crippen LogP contribution in [0.3, 0.4) is 0 Å². The van der Waals surface area contributed by atoms with E-state index in [0.717, 1.165) is 0 Å². The van der Waals surface area contributed by atoms with Crippen molar-refractivity contribution in [3.63, 3.8) is 0 Å². The van der Waals surface area contributed by atoms with Crippen LogP contribution in [-0.2, 0) is 28.6 Å². The molecule has 0 aliphatic heterocycles. The first-order valence-corrected chi connectivity index (χ1v) is 6.40. The van der Waals surface area contributed by atoms with E-state index in [9.17, 15) is 4.79 Å². The first-order chi connectivity index (χ1) is 9.18. The van der Waals surface area contributed by atoms with Gasteiger partial charge in [-0.1, -0.05) is 13.8 Å². The van der Waals surface area contributed by atoms with Crippen molar-refractivity contribution >= 4 is 5.97 Å². The number of esters is 1. The lowest BCUT2D eigenvalue weighted by Crippen LogP contribution is -2.17. The number of hydrogen-bond acceptors (Lipinski definition) is 7. The Kier molecular flexibility index (Phi) is 13.2. The van der Waals surface area contributed by atoms with Gasteiger partial charge in [-0.15, -0.1) is 0 Å². The fourth-order valence-electron chi connectivity index (χ4n) is 1.02. The van der Waals surface area contributed by atoms with E-state index < -0.39 is 0 Å². The lowest BCUT2D eigenvalue weighted by molar-refractivity contribution is -0.149. The van der Waals surface area contributed by atoms with Crippen LogP contribution in [0.2, 0.25) is 0 Å². The Balaban J connectivity index is 3.05. The van der Waals surface area contributed by atoms with Crippen molar-refractivity contribution in [2.24, 2.45) is 11.8 Å². The number of carbonyl (C=O) groups excluding carboxylic acids is 1. The molecule has 0 aromatic carbocycles. The van der Waals surface area contributed by atoms with E-state index in [1.807, 2.05) is 0 Å². The average molecular weight is 279 g/mol. The highest BCUT2D eigenvalue weighted by Gasteiger charge is 2.06. The van der Waals surface area contributed by atoms with E-state index in [1.165, 1.54) is 0 Å². The Labute approximate surface area is 114 Å². The van der Waals surface area contributed by atoms with Crippen LogP contribution in [-0.4, -0.2) is 58.8 Å². The molecule has 0 fully saturated rings. The van der Waals surface area contributed by atoms with Crippen molar-refractivity contribution in [2.75, 3.05) is 52.9 Å². The SMILES string of the molecule is CC(C)C(=O)OCCOCCOCCOCCON. The molecule has 0 aromatic heterocycles. The highest BCUT2D eigenvalue weighted by atomic mass is 16.6. The minimum absolute atomic E-state index is 0.104. The van der Waals surface area contributed by atoms with Gasteiger partial charge >= 0.3 is 5.97 Å². The maximum atomic E-state index is 11.1. The zero-order valence-electron chi connectivity index (χ0n) is 11.8. The monoisotopic (exact) mass is 279 g/mol. The third kappa shape index (κ3) is 13.5. The summed E-state index contributed by atoms with van der Waals surface area (Å²) in [6.45, 7) is 7.00. The maximum absolute atomic E-state index is 11.1. The van der Waals surface area contributed by atoms with Gasteiger partial charge in [0.1, 0.15) is 6.61 Å². The minimum Gasteiger partial charge on any atom is -0.463 e. The Morgan fingerprint density at radius 1 is 0.842 bits per heavy atom. The molecule has 0 radical (unpaired) electrons. The Bertz CT molecular complexity index is 212. The predicted molar refractivity (Wildman–Crippen MR) is 68.4 cm³/mol. The molecule has 0 aromatic rings. The fourth-order valence-corrected chi connectivity index (χ4v) is 1.02. The van der Waals surface area contributed by atoms with E-state index in [-0.39, 0.29) is 18.5 Å². The van der Waals surface area contributed by atoms with Crippen molar-refractivity contribution in [3.8, 4) is 0 Å². The van der Waals surface area contributed by atoms with Crippen LogP contribution in [0.15, 0.2) is 0 Å². The largest absolute Gasteiger partial charge is 0.463 e. The number of nitrogens with two attached hydrogens (primary N) is 1. The quantitative estimate of drug-likeness (QED) is 0.291. The van der Waals surface area contributed by atoms with Crippen molar-refractivity contribution in [1.29, 1.82) is 0 Å². The average Bonchev–Trinajstić information content (AvgIpc) is 2.39. The van der Waals surface area contributed by atoms with E-state index in [4.69, 9.17) is 24.8 Å². The Hall–Kier alpha value is -0.730. The molecule has 0 atom stereocenters. The highest BCUT2D eigenvalue weighted by molar-refractivity contribution is 5.71. The summed E-state index contributed by atoms with van der Waals surface area (Å²) in [6.07, 6.45) is 0. The predicted octanol–water partition coefficient (Wildman–Crippen LogP) is 0.126. The van der Waals surface area contributed by atoms with Crippen LogP contribution in [0.25, 0.3) is 0 Å². The maximum Gasteiger partial charge on any atom is 0.308 e. The second-order valence-corrected chi connectivity index (χ2v) is 4.03. The van der Waals surface area contributed by atoms with Crippen LogP contribution < -0.4 is 5.90 Å². The summed E-state index contributed by atoms with van der Waals surface area (Å²) >= 11 is 0. The molecule has 0 bridgehead atoms. The van der Waals surface area contributed by atoms with Crippen molar-refractivity contribution in [2.45, 2.75) is 13.8 Å². The first kappa shape index (κ1) is 18.3. The molecule has 7 nitrogen and oxygen atoms in total. The van der Waals surface area contributed by atoms with Gasteiger partial charge in [-0.2, -0.15) is 0 Å². The van der Waals surface area contributed by atoms with E-state index in [1.54, 1.807) is 13.8 Å². The van der Waals surface area contributed by atoms with Gasteiger partial charge in [0.2, 0.25) is 0 Å². The zero-order valence-corrected chi connectivity index (χ0v) is 11.8. The standard InChI is InChI=1S/C12H25NO6/c1-11(2)12(14)18-9-7-16-5-3-15-4-6-17-8-10-19-13/h11H,3-10,13H2,1-2H3. The van der Waals surface area contributed by atoms with E-state index in [0.29, 0.717) is 46.2 Å². The molecule has 19 heavy (non-hydrogen) atoms. The Morgan fingerprint density at radius 3 is 1.68 bits per heavy atom. The number of rotatable bonds is 13. The molecule has 0 unspecified atom stereocenters. The summed E-state index contributed by atoms with van der Waals surface area (Å²) < 4.78 is 20.6. The zero-order chi connectivity index (χ0) is 14.3. The molecule has 0 aliphatic rings. The van der Waals surface area contributed by atoms with Gasteiger partial charge in [-0.3, -0.25) is 4.79 Å². The summed E-state index contributed by atoms with van der Waals surface area (Å²) in [5.74, 6) is 4.51. The van der Waals surface area contributed by atoms with Gasteiger partial charge in [-0.05, 0) is 0 Å². The van der Waals surface area contributed by atoms with Gasteiger partial charge < -0.3 is 23.8 Å². The lowest BCUT2D eigenvalue weighted by Gasteiger charge is -2.08. The number of hydrogen-bond donors (Lipinski definition) is 1. The topological polar surface area (TPSA) is 89.2 Å². The van der Waals surface area contributed by atoms with Gasteiger partial charge in [0, 0.05) is 0 Å². The van der Waals surface area contributed by atoms with Gasteiger partial charge in [-0.25, -0.2) is 5.90 Å². The van der Waals surface area contributed by atoms with Crippen LogP contribution in [0.1, 0.15) is 13.8 Å². The smallest absolute Gasteiger partial charge is 0.308 e. The molecular weight excluding hydrogens is 254 g/mol. The molecule has 114 valence electrons. The van der Waals surface area contributed by atoms with Crippen LogP contribution in [0.4, 0.5) is 0 Å². The first-order valence-electron chi connectivity index (χ1n) is 6.40. The summed E-state index contributed by atoms with van der Waals surface area (Å²) in [7, 11) is 0.